The van der Waals surface area contributed by atoms with E-state index < -0.39 is 0 Å². The molecule has 1 amide bonds. The van der Waals surface area contributed by atoms with Crippen molar-refractivity contribution in [3.63, 3.8) is 0 Å². The minimum atomic E-state index is -0.0938. The van der Waals surface area contributed by atoms with Gasteiger partial charge < -0.3 is 14.7 Å². The first-order chi connectivity index (χ1) is 7.68. The number of hydrogen-bond donors (Lipinski definition) is 1. The van der Waals surface area contributed by atoms with Gasteiger partial charge in [-0.3, -0.25) is 4.79 Å². The lowest BCUT2D eigenvalue weighted by molar-refractivity contribution is 0.0741. The molecule has 0 bridgehead atoms. The summed E-state index contributed by atoms with van der Waals surface area (Å²) in [5, 5.41) is 6.98. The van der Waals surface area contributed by atoms with E-state index in [0.717, 1.165) is 25.1 Å². The second-order valence-electron chi connectivity index (χ2n) is 4.32. The average molecular weight is 223 g/mol. The highest BCUT2D eigenvalue weighted by molar-refractivity contribution is 5.92. The maximum absolute atomic E-state index is 12.0. The topological polar surface area (TPSA) is 58.4 Å². The molecular weight excluding hydrogens is 206 g/mol. The molecule has 1 aromatic heterocycles. The molecule has 0 spiro atoms. The first kappa shape index (κ1) is 11.1. The third kappa shape index (κ3) is 2.24. The first-order valence-electron chi connectivity index (χ1n) is 5.58. The SMILES string of the molecule is Cc1cnoc1C(=O)N(C)CC1CCCN1. The third-order valence-electron chi connectivity index (χ3n) is 2.95. The quantitative estimate of drug-likeness (QED) is 0.823. The Kier molecular flexibility index (Phi) is 3.24. The van der Waals surface area contributed by atoms with Crippen LogP contribution >= 0.6 is 0 Å². The molecule has 16 heavy (non-hydrogen) atoms. The highest BCUT2D eigenvalue weighted by atomic mass is 16.5. The first-order valence-corrected chi connectivity index (χ1v) is 5.58. The molecule has 1 fully saturated rings. The van der Waals surface area contributed by atoms with E-state index in [-0.39, 0.29) is 5.91 Å². The van der Waals surface area contributed by atoms with E-state index in [2.05, 4.69) is 10.5 Å². The van der Waals surface area contributed by atoms with Crippen molar-refractivity contribution >= 4 is 5.91 Å². The van der Waals surface area contributed by atoms with E-state index in [1.807, 2.05) is 6.92 Å². The molecule has 1 aromatic rings. The molecule has 1 unspecified atom stereocenters. The zero-order valence-corrected chi connectivity index (χ0v) is 9.69. The Hall–Kier alpha value is -1.36. The van der Waals surface area contributed by atoms with Gasteiger partial charge in [0, 0.05) is 25.2 Å². The Morgan fingerprint density at radius 2 is 2.56 bits per heavy atom. The summed E-state index contributed by atoms with van der Waals surface area (Å²) >= 11 is 0. The molecule has 1 N–H and O–H groups in total. The van der Waals surface area contributed by atoms with Gasteiger partial charge in [-0.1, -0.05) is 5.16 Å². The van der Waals surface area contributed by atoms with E-state index in [1.54, 1.807) is 18.1 Å². The van der Waals surface area contributed by atoms with Gasteiger partial charge in [0.05, 0.1) is 6.20 Å². The van der Waals surface area contributed by atoms with Crippen molar-refractivity contribution in [1.82, 2.24) is 15.4 Å². The van der Waals surface area contributed by atoms with Crippen LogP contribution in [0.5, 0.6) is 0 Å². The highest BCUT2D eigenvalue weighted by Gasteiger charge is 2.22. The van der Waals surface area contributed by atoms with Crippen LogP contribution in [0.15, 0.2) is 10.7 Å². The largest absolute Gasteiger partial charge is 0.351 e. The van der Waals surface area contributed by atoms with Gasteiger partial charge in [-0.2, -0.15) is 0 Å². The molecule has 1 atom stereocenters. The predicted molar refractivity (Wildman–Crippen MR) is 59.2 cm³/mol. The number of carbonyl (C=O) groups is 1. The number of nitrogens with one attached hydrogen (secondary N) is 1. The molecule has 0 aromatic carbocycles. The number of aromatic nitrogens is 1. The van der Waals surface area contributed by atoms with Gasteiger partial charge in [0.2, 0.25) is 5.76 Å². The van der Waals surface area contributed by atoms with Gasteiger partial charge in [0.25, 0.3) is 5.91 Å². The zero-order chi connectivity index (χ0) is 11.5. The van der Waals surface area contributed by atoms with E-state index in [0.29, 0.717) is 11.8 Å². The molecule has 0 saturated carbocycles. The van der Waals surface area contributed by atoms with Crippen LogP contribution in [0.3, 0.4) is 0 Å². The van der Waals surface area contributed by atoms with Gasteiger partial charge >= 0.3 is 0 Å². The molecule has 1 saturated heterocycles. The fourth-order valence-corrected chi connectivity index (χ4v) is 2.00. The van der Waals surface area contributed by atoms with Crippen molar-refractivity contribution in [2.75, 3.05) is 20.1 Å². The van der Waals surface area contributed by atoms with Crippen molar-refractivity contribution in [3.8, 4) is 0 Å². The summed E-state index contributed by atoms with van der Waals surface area (Å²) in [5.41, 5.74) is 0.788. The number of hydrogen-bond acceptors (Lipinski definition) is 4. The molecule has 88 valence electrons. The second-order valence-corrected chi connectivity index (χ2v) is 4.32. The summed E-state index contributed by atoms with van der Waals surface area (Å²) < 4.78 is 4.95. The fourth-order valence-electron chi connectivity index (χ4n) is 2.00. The molecule has 2 rings (SSSR count). The van der Waals surface area contributed by atoms with Crippen molar-refractivity contribution in [3.05, 3.63) is 17.5 Å². The minimum Gasteiger partial charge on any atom is -0.351 e. The molecule has 0 aliphatic carbocycles. The molecule has 5 nitrogen and oxygen atoms in total. The fraction of sp³-hybridized carbons (Fsp3) is 0.636. The average Bonchev–Trinajstić information content (AvgIpc) is 2.88. The summed E-state index contributed by atoms with van der Waals surface area (Å²) in [6, 6.07) is 0.414. The van der Waals surface area contributed by atoms with Crippen LogP contribution in [0.2, 0.25) is 0 Å². The van der Waals surface area contributed by atoms with Gasteiger partial charge in [-0.25, -0.2) is 0 Å². The lowest BCUT2D eigenvalue weighted by atomic mass is 10.2. The van der Waals surface area contributed by atoms with E-state index >= 15 is 0 Å². The van der Waals surface area contributed by atoms with Gasteiger partial charge in [0.1, 0.15) is 0 Å². The summed E-state index contributed by atoms with van der Waals surface area (Å²) in [5.74, 6) is 0.254. The number of nitrogens with zero attached hydrogens (tertiary/aromatic N) is 2. The zero-order valence-electron chi connectivity index (χ0n) is 9.69. The van der Waals surface area contributed by atoms with Crippen LogP contribution < -0.4 is 5.32 Å². The number of rotatable bonds is 3. The Labute approximate surface area is 94.8 Å². The van der Waals surface area contributed by atoms with Crippen LogP contribution in [-0.2, 0) is 0 Å². The van der Waals surface area contributed by atoms with E-state index in [1.165, 1.54) is 6.42 Å². The van der Waals surface area contributed by atoms with Crippen LogP contribution in [0.1, 0.15) is 29.0 Å². The standard InChI is InChI=1S/C11H17N3O2/c1-8-6-13-16-10(8)11(15)14(2)7-9-4-3-5-12-9/h6,9,12H,3-5,7H2,1-2H3. The van der Waals surface area contributed by atoms with Gasteiger partial charge in [-0.05, 0) is 26.3 Å². The molecule has 1 aliphatic rings. The number of amides is 1. The lowest BCUT2D eigenvalue weighted by Gasteiger charge is -2.20. The van der Waals surface area contributed by atoms with Crippen LogP contribution in [0.25, 0.3) is 0 Å². The molecule has 5 heteroatoms. The Morgan fingerprint density at radius 1 is 1.75 bits per heavy atom. The predicted octanol–water partition coefficient (Wildman–Crippen LogP) is 0.807. The summed E-state index contributed by atoms with van der Waals surface area (Å²) in [6.07, 6.45) is 3.88. The maximum Gasteiger partial charge on any atom is 0.292 e. The highest BCUT2D eigenvalue weighted by Crippen LogP contribution is 2.11. The van der Waals surface area contributed by atoms with Crippen LogP contribution in [-0.4, -0.2) is 42.1 Å². The van der Waals surface area contributed by atoms with Crippen molar-refractivity contribution in [1.29, 1.82) is 0 Å². The number of carbonyl (C=O) groups excluding carboxylic acids is 1. The van der Waals surface area contributed by atoms with Crippen LogP contribution in [0, 0.1) is 6.92 Å². The third-order valence-corrected chi connectivity index (χ3v) is 2.95. The van der Waals surface area contributed by atoms with Crippen molar-refractivity contribution < 1.29 is 9.32 Å². The Balaban J connectivity index is 1.96. The molecule has 2 heterocycles. The smallest absolute Gasteiger partial charge is 0.292 e. The molecule has 1 aliphatic heterocycles. The second kappa shape index (κ2) is 4.65. The van der Waals surface area contributed by atoms with E-state index in [9.17, 15) is 4.79 Å². The van der Waals surface area contributed by atoms with Gasteiger partial charge in [0.15, 0.2) is 0 Å². The lowest BCUT2D eigenvalue weighted by Crippen LogP contribution is -2.38. The molecule has 0 radical (unpaired) electrons. The Bertz CT molecular complexity index is 369. The van der Waals surface area contributed by atoms with Crippen LogP contribution in [0.4, 0.5) is 0 Å². The summed E-state index contributed by atoms with van der Waals surface area (Å²) in [4.78, 5) is 13.7. The van der Waals surface area contributed by atoms with Crippen molar-refractivity contribution in [2.45, 2.75) is 25.8 Å². The number of aryl methyl sites for hydroxylation is 1. The monoisotopic (exact) mass is 223 g/mol. The minimum absolute atomic E-state index is 0.0938. The number of likely N-dealkylation sites (N-methyl/N-ethyl adjacent to an activating group) is 1. The normalized spacial score (nSPS) is 20.0. The Morgan fingerprint density at radius 3 is 3.12 bits per heavy atom. The maximum atomic E-state index is 12.0. The van der Waals surface area contributed by atoms with Gasteiger partial charge in [-0.15, -0.1) is 0 Å². The summed E-state index contributed by atoms with van der Waals surface area (Å²) in [7, 11) is 1.80. The van der Waals surface area contributed by atoms with E-state index in [4.69, 9.17) is 4.52 Å². The molecular formula is C11H17N3O2. The van der Waals surface area contributed by atoms with Crippen molar-refractivity contribution in [2.24, 2.45) is 0 Å². The summed E-state index contributed by atoms with van der Waals surface area (Å²) in [6.45, 7) is 3.60.